The molecule has 1 aliphatic heterocycles. The molecule has 0 spiro atoms. The van der Waals surface area contributed by atoms with E-state index < -0.39 is 5.54 Å². The molecule has 0 fully saturated rings. The third-order valence-corrected chi connectivity index (χ3v) is 5.94. The Morgan fingerprint density at radius 2 is 2.00 bits per heavy atom. The van der Waals surface area contributed by atoms with E-state index in [1.807, 2.05) is 60.9 Å². The van der Waals surface area contributed by atoms with Crippen LogP contribution in [0.4, 0.5) is 0 Å². The number of fused-ring (bicyclic) bond motifs is 3. The predicted molar refractivity (Wildman–Crippen MR) is 116 cm³/mol. The third kappa shape index (κ3) is 3.51. The summed E-state index contributed by atoms with van der Waals surface area (Å²) in [6, 6.07) is 13.6. The molecule has 1 aliphatic rings. The summed E-state index contributed by atoms with van der Waals surface area (Å²) in [5.74, 6) is 1.66. The molecule has 0 unspecified atom stereocenters. The minimum atomic E-state index is -1.02. The largest absolute Gasteiger partial charge is 0.464 e. The zero-order valence-corrected chi connectivity index (χ0v) is 18.1. The Bertz CT molecular complexity index is 1090. The van der Waals surface area contributed by atoms with Gasteiger partial charge >= 0.3 is 0 Å². The number of rotatable bonds is 6. The fraction of sp³-hybridized carbons (Fsp3) is 0.417. The molecule has 2 amide bonds. The lowest BCUT2D eigenvalue weighted by Crippen LogP contribution is -2.63. The van der Waals surface area contributed by atoms with Gasteiger partial charge < -0.3 is 19.2 Å². The highest BCUT2D eigenvalue weighted by molar-refractivity contribution is 6.03. The third-order valence-electron chi connectivity index (χ3n) is 5.94. The maximum atomic E-state index is 13.6. The molecular weight excluding hydrogens is 378 g/mol. The van der Waals surface area contributed by atoms with Crippen LogP contribution < -0.4 is 5.32 Å². The number of hydrogen-bond donors (Lipinski definition) is 1. The van der Waals surface area contributed by atoms with Gasteiger partial charge in [0.2, 0.25) is 5.91 Å². The monoisotopic (exact) mass is 407 g/mol. The average Bonchev–Trinajstić information content (AvgIpc) is 3.28. The Morgan fingerprint density at radius 1 is 1.23 bits per heavy atom. The number of carbonyl (C=O) groups is 2. The molecule has 6 heteroatoms. The van der Waals surface area contributed by atoms with Gasteiger partial charge in [-0.1, -0.05) is 32.0 Å². The number of aromatic nitrogens is 1. The standard InChI is InChI=1S/C24H29N3O3/c1-16(2)11-12-25-23(29)24(4)15-26-20-8-6-5-7-18(20)13-21(26)22(28)27(24)14-19-10-9-17(3)30-19/h5-10,13,16H,11-12,14-15H2,1-4H3,(H,25,29)/t24-/m0/s1. The number of furan rings is 1. The van der Waals surface area contributed by atoms with Gasteiger partial charge in [-0.05, 0) is 50.5 Å². The average molecular weight is 408 g/mol. The van der Waals surface area contributed by atoms with E-state index in [0.717, 1.165) is 23.1 Å². The number of amides is 2. The maximum Gasteiger partial charge on any atom is 0.271 e. The highest BCUT2D eigenvalue weighted by atomic mass is 16.3. The molecule has 1 N–H and O–H groups in total. The Kier molecular flexibility index (Phi) is 5.18. The van der Waals surface area contributed by atoms with Crippen LogP contribution in [-0.4, -0.2) is 33.4 Å². The van der Waals surface area contributed by atoms with Crippen LogP contribution in [0.2, 0.25) is 0 Å². The maximum absolute atomic E-state index is 13.6. The summed E-state index contributed by atoms with van der Waals surface area (Å²) >= 11 is 0. The summed E-state index contributed by atoms with van der Waals surface area (Å²) in [5, 5.41) is 4.06. The smallest absolute Gasteiger partial charge is 0.271 e. The zero-order chi connectivity index (χ0) is 21.5. The molecule has 4 rings (SSSR count). The molecule has 3 heterocycles. The van der Waals surface area contributed by atoms with Crippen LogP contribution in [0.5, 0.6) is 0 Å². The molecule has 30 heavy (non-hydrogen) atoms. The van der Waals surface area contributed by atoms with Crippen LogP contribution in [0, 0.1) is 12.8 Å². The van der Waals surface area contributed by atoms with Crippen molar-refractivity contribution in [2.75, 3.05) is 6.54 Å². The van der Waals surface area contributed by atoms with E-state index in [1.165, 1.54) is 0 Å². The summed E-state index contributed by atoms with van der Waals surface area (Å²) in [7, 11) is 0. The van der Waals surface area contributed by atoms with Gasteiger partial charge in [0.25, 0.3) is 5.91 Å². The van der Waals surface area contributed by atoms with Crippen molar-refractivity contribution in [1.29, 1.82) is 0 Å². The molecule has 1 atom stereocenters. The highest BCUT2D eigenvalue weighted by Crippen LogP contribution is 2.33. The first-order valence-electron chi connectivity index (χ1n) is 10.5. The fourth-order valence-corrected chi connectivity index (χ4v) is 4.14. The van der Waals surface area contributed by atoms with Gasteiger partial charge in [0.1, 0.15) is 22.8 Å². The summed E-state index contributed by atoms with van der Waals surface area (Å²) in [5.41, 5.74) is 0.547. The first kappa shape index (κ1) is 20.3. The lowest BCUT2D eigenvalue weighted by Gasteiger charge is -2.43. The summed E-state index contributed by atoms with van der Waals surface area (Å²) in [6.07, 6.45) is 0.894. The first-order chi connectivity index (χ1) is 14.3. The van der Waals surface area contributed by atoms with Crippen LogP contribution in [0.1, 0.15) is 49.2 Å². The van der Waals surface area contributed by atoms with Crippen molar-refractivity contribution in [3.63, 3.8) is 0 Å². The van der Waals surface area contributed by atoms with Crippen molar-refractivity contribution < 1.29 is 14.0 Å². The fourth-order valence-electron chi connectivity index (χ4n) is 4.14. The molecule has 1 aromatic carbocycles. The number of carbonyl (C=O) groups excluding carboxylic acids is 2. The lowest BCUT2D eigenvalue weighted by atomic mass is 9.94. The van der Waals surface area contributed by atoms with E-state index in [2.05, 4.69) is 19.2 Å². The van der Waals surface area contributed by atoms with Crippen molar-refractivity contribution in [1.82, 2.24) is 14.8 Å². The minimum Gasteiger partial charge on any atom is -0.464 e. The molecule has 0 saturated heterocycles. The molecule has 158 valence electrons. The van der Waals surface area contributed by atoms with Gasteiger partial charge in [0.15, 0.2) is 0 Å². The number of aryl methyl sites for hydroxylation is 1. The van der Waals surface area contributed by atoms with E-state index in [4.69, 9.17) is 4.42 Å². The van der Waals surface area contributed by atoms with Crippen LogP contribution in [0.15, 0.2) is 46.9 Å². The Balaban J connectivity index is 1.73. The van der Waals surface area contributed by atoms with E-state index in [-0.39, 0.29) is 18.4 Å². The number of benzene rings is 1. The second kappa shape index (κ2) is 7.67. The molecule has 0 bridgehead atoms. The quantitative estimate of drug-likeness (QED) is 0.668. The van der Waals surface area contributed by atoms with Crippen LogP contribution in [0.25, 0.3) is 10.9 Å². The lowest BCUT2D eigenvalue weighted by molar-refractivity contribution is -0.133. The molecular formula is C24H29N3O3. The van der Waals surface area contributed by atoms with Crippen molar-refractivity contribution in [3.8, 4) is 0 Å². The van der Waals surface area contributed by atoms with E-state index in [9.17, 15) is 9.59 Å². The van der Waals surface area contributed by atoms with E-state index in [0.29, 0.717) is 30.5 Å². The topological polar surface area (TPSA) is 67.5 Å². The van der Waals surface area contributed by atoms with Gasteiger partial charge in [0, 0.05) is 17.4 Å². The molecule has 2 aromatic heterocycles. The van der Waals surface area contributed by atoms with Gasteiger partial charge in [-0.15, -0.1) is 0 Å². The van der Waals surface area contributed by atoms with Crippen LogP contribution in [-0.2, 0) is 17.9 Å². The van der Waals surface area contributed by atoms with E-state index >= 15 is 0 Å². The van der Waals surface area contributed by atoms with Crippen molar-refractivity contribution in [2.45, 2.75) is 52.7 Å². The Labute approximate surface area is 176 Å². The number of nitrogens with zero attached hydrogens (tertiary/aromatic N) is 2. The number of hydrogen-bond acceptors (Lipinski definition) is 3. The van der Waals surface area contributed by atoms with Crippen molar-refractivity contribution in [3.05, 3.63) is 59.7 Å². The van der Waals surface area contributed by atoms with Gasteiger partial charge in [0.05, 0.1) is 13.1 Å². The second-order valence-electron chi connectivity index (χ2n) is 8.79. The Morgan fingerprint density at radius 3 is 2.70 bits per heavy atom. The minimum absolute atomic E-state index is 0.136. The predicted octanol–water partition coefficient (Wildman–Crippen LogP) is 4.12. The SMILES string of the molecule is Cc1ccc(CN2C(=O)c3cc4ccccc4n3C[C@@]2(C)C(=O)NCCC(C)C)o1. The summed E-state index contributed by atoms with van der Waals surface area (Å²) in [6.45, 7) is 9.22. The van der Waals surface area contributed by atoms with E-state index in [1.54, 1.807) is 4.90 Å². The normalized spacial score (nSPS) is 18.8. The van der Waals surface area contributed by atoms with Crippen LogP contribution in [0.3, 0.4) is 0 Å². The number of para-hydroxylation sites is 1. The molecule has 0 aliphatic carbocycles. The zero-order valence-electron chi connectivity index (χ0n) is 18.1. The summed E-state index contributed by atoms with van der Waals surface area (Å²) in [4.78, 5) is 28.6. The summed E-state index contributed by atoms with van der Waals surface area (Å²) < 4.78 is 7.71. The molecule has 0 radical (unpaired) electrons. The molecule has 0 saturated carbocycles. The van der Waals surface area contributed by atoms with Crippen molar-refractivity contribution >= 4 is 22.7 Å². The van der Waals surface area contributed by atoms with Gasteiger partial charge in [-0.25, -0.2) is 0 Å². The first-order valence-corrected chi connectivity index (χ1v) is 10.5. The van der Waals surface area contributed by atoms with Crippen molar-refractivity contribution in [2.24, 2.45) is 5.92 Å². The molecule has 3 aromatic rings. The van der Waals surface area contributed by atoms with Gasteiger partial charge in [-0.2, -0.15) is 0 Å². The Hall–Kier alpha value is -3.02. The second-order valence-corrected chi connectivity index (χ2v) is 8.79. The molecule has 6 nitrogen and oxygen atoms in total. The van der Waals surface area contributed by atoms with Crippen LogP contribution >= 0.6 is 0 Å². The highest BCUT2D eigenvalue weighted by Gasteiger charge is 2.47. The number of nitrogens with one attached hydrogen (secondary N) is 1. The van der Waals surface area contributed by atoms with Gasteiger partial charge in [-0.3, -0.25) is 9.59 Å².